The van der Waals surface area contributed by atoms with Gasteiger partial charge in [-0.2, -0.15) is 0 Å². The number of anilines is 2. The summed E-state index contributed by atoms with van der Waals surface area (Å²) in [5.74, 6) is 1.36. The molecule has 0 spiro atoms. The number of amides is 1. The zero-order chi connectivity index (χ0) is 19.8. The molecular formula is C22H23N3O3. The molecule has 1 aromatic heterocycles. The van der Waals surface area contributed by atoms with Crippen LogP contribution in [0.25, 0.3) is 0 Å². The Morgan fingerprint density at radius 1 is 0.929 bits per heavy atom. The lowest BCUT2D eigenvalue weighted by Crippen LogP contribution is -2.14. The number of pyridine rings is 1. The molecule has 3 rings (SSSR count). The zero-order valence-electron chi connectivity index (χ0n) is 15.9. The van der Waals surface area contributed by atoms with Crippen LogP contribution in [0.1, 0.15) is 16.1 Å². The fourth-order valence-corrected chi connectivity index (χ4v) is 2.75. The number of hydrogen-bond acceptors (Lipinski definition) is 5. The summed E-state index contributed by atoms with van der Waals surface area (Å²) < 4.78 is 10.5. The molecule has 0 radical (unpaired) electrons. The Morgan fingerprint density at radius 2 is 1.68 bits per heavy atom. The van der Waals surface area contributed by atoms with Gasteiger partial charge in [-0.25, -0.2) is 4.98 Å². The number of benzene rings is 2. The maximum Gasteiger partial charge on any atom is 0.274 e. The maximum absolute atomic E-state index is 12.3. The molecule has 0 aliphatic rings. The van der Waals surface area contributed by atoms with Gasteiger partial charge in [-0.3, -0.25) is 4.79 Å². The summed E-state index contributed by atoms with van der Waals surface area (Å²) in [6.07, 6.45) is 2.48. The molecule has 144 valence electrons. The lowest BCUT2D eigenvalue weighted by Gasteiger charge is -2.10. The van der Waals surface area contributed by atoms with Crippen LogP contribution in [0.5, 0.6) is 11.5 Å². The zero-order valence-corrected chi connectivity index (χ0v) is 15.9. The highest BCUT2D eigenvalue weighted by Gasteiger charge is 2.08. The number of carbonyl (C=O) groups excluding carboxylic acids is 1. The second-order valence-electron chi connectivity index (χ2n) is 6.10. The first kappa shape index (κ1) is 19.2. The Labute approximate surface area is 164 Å². The summed E-state index contributed by atoms with van der Waals surface area (Å²) in [6.45, 7) is 0.736. The third-order valence-corrected chi connectivity index (χ3v) is 4.26. The first-order valence-electron chi connectivity index (χ1n) is 8.97. The lowest BCUT2D eigenvalue weighted by atomic mass is 10.1. The van der Waals surface area contributed by atoms with Crippen molar-refractivity contribution >= 4 is 17.3 Å². The second kappa shape index (κ2) is 9.41. The van der Waals surface area contributed by atoms with Crippen LogP contribution in [0.15, 0.2) is 66.9 Å². The Hall–Kier alpha value is -3.54. The second-order valence-corrected chi connectivity index (χ2v) is 6.10. The van der Waals surface area contributed by atoms with Crippen LogP contribution in [0.2, 0.25) is 0 Å². The smallest absolute Gasteiger partial charge is 0.274 e. The summed E-state index contributed by atoms with van der Waals surface area (Å²) in [5.41, 5.74) is 3.04. The van der Waals surface area contributed by atoms with Crippen molar-refractivity contribution in [1.82, 2.24) is 4.98 Å². The molecule has 6 nitrogen and oxygen atoms in total. The Kier molecular flexibility index (Phi) is 6.46. The van der Waals surface area contributed by atoms with Crippen LogP contribution in [0.3, 0.4) is 0 Å². The molecule has 3 aromatic rings. The number of aromatic nitrogens is 1. The van der Waals surface area contributed by atoms with Crippen molar-refractivity contribution in [1.29, 1.82) is 0 Å². The average Bonchev–Trinajstić information content (AvgIpc) is 2.75. The van der Waals surface area contributed by atoms with Crippen LogP contribution in [-0.4, -0.2) is 31.7 Å². The number of carbonyl (C=O) groups is 1. The van der Waals surface area contributed by atoms with Gasteiger partial charge in [-0.05, 0) is 54.4 Å². The summed E-state index contributed by atoms with van der Waals surface area (Å²) in [6, 6.07) is 18.6. The van der Waals surface area contributed by atoms with Crippen molar-refractivity contribution in [3.63, 3.8) is 0 Å². The van der Waals surface area contributed by atoms with Gasteiger partial charge in [0.25, 0.3) is 5.91 Å². The minimum Gasteiger partial charge on any atom is -0.497 e. The van der Waals surface area contributed by atoms with Crippen molar-refractivity contribution in [2.75, 3.05) is 31.4 Å². The van der Waals surface area contributed by atoms with Gasteiger partial charge in [0.1, 0.15) is 17.2 Å². The van der Waals surface area contributed by atoms with Gasteiger partial charge >= 0.3 is 0 Å². The molecule has 0 saturated heterocycles. The summed E-state index contributed by atoms with van der Waals surface area (Å²) in [4.78, 5) is 16.6. The number of nitrogens with one attached hydrogen (secondary N) is 2. The molecule has 2 N–H and O–H groups in total. The van der Waals surface area contributed by atoms with E-state index >= 15 is 0 Å². The van der Waals surface area contributed by atoms with Crippen LogP contribution >= 0.6 is 0 Å². The molecule has 0 bridgehead atoms. The van der Waals surface area contributed by atoms with Crippen molar-refractivity contribution in [3.05, 3.63) is 78.1 Å². The third-order valence-electron chi connectivity index (χ3n) is 4.26. The van der Waals surface area contributed by atoms with Crippen molar-refractivity contribution in [2.45, 2.75) is 6.42 Å². The van der Waals surface area contributed by atoms with Crippen molar-refractivity contribution in [3.8, 4) is 11.5 Å². The normalized spacial score (nSPS) is 10.2. The monoisotopic (exact) mass is 377 g/mol. The van der Waals surface area contributed by atoms with Crippen molar-refractivity contribution < 1.29 is 14.3 Å². The van der Waals surface area contributed by atoms with Gasteiger partial charge in [-0.15, -0.1) is 0 Å². The first-order valence-corrected chi connectivity index (χ1v) is 8.97. The van der Waals surface area contributed by atoms with Crippen LogP contribution in [0, 0.1) is 0 Å². The van der Waals surface area contributed by atoms with Gasteiger partial charge in [0.15, 0.2) is 0 Å². The van der Waals surface area contributed by atoms with Gasteiger partial charge in [0.05, 0.1) is 26.1 Å². The molecule has 0 atom stereocenters. The molecular weight excluding hydrogens is 354 g/mol. The largest absolute Gasteiger partial charge is 0.497 e. The quantitative estimate of drug-likeness (QED) is 0.621. The average molecular weight is 377 g/mol. The van der Waals surface area contributed by atoms with Gasteiger partial charge < -0.3 is 20.1 Å². The number of para-hydroxylation sites is 1. The van der Waals surface area contributed by atoms with E-state index in [2.05, 4.69) is 15.6 Å². The van der Waals surface area contributed by atoms with Crippen LogP contribution < -0.4 is 20.1 Å². The van der Waals surface area contributed by atoms with Gasteiger partial charge in [0.2, 0.25) is 0 Å². The van der Waals surface area contributed by atoms with E-state index in [1.807, 2.05) is 30.3 Å². The molecule has 0 saturated carbocycles. The predicted octanol–water partition coefficient (Wildman–Crippen LogP) is 4.01. The summed E-state index contributed by atoms with van der Waals surface area (Å²) >= 11 is 0. The number of rotatable bonds is 8. The fraction of sp³-hybridized carbons (Fsp3) is 0.182. The molecule has 28 heavy (non-hydrogen) atoms. The highest BCUT2D eigenvalue weighted by atomic mass is 16.5. The Bertz CT molecular complexity index is 909. The predicted molar refractivity (Wildman–Crippen MR) is 110 cm³/mol. The van der Waals surface area contributed by atoms with E-state index in [9.17, 15) is 4.79 Å². The van der Waals surface area contributed by atoms with Crippen molar-refractivity contribution in [2.24, 2.45) is 0 Å². The van der Waals surface area contributed by atoms with Gasteiger partial charge in [0, 0.05) is 12.2 Å². The van der Waals surface area contributed by atoms with E-state index in [4.69, 9.17) is 9.47 Å². The van der Waals surface area contributed by atoms with Gasteiger partial charge in [-0.1, -0.05) is 18.2 Å². The Morgan fingerprint density at radius 3 is 2.36 bits per heavy atom. The van der Waals surface area contributed by atoms with Crippen LogP contribution in [-0.2, 0) is 6.42 Å². The minimum absolute atomic E-state index is 0.259. The number of ether oxygens (including phenoxy) is 2. The SMILES string of the molecule is COc1ccc(NC(=O)c2ccc(NCCc3ccccc3OC)cn2)cc1. The molecule has 1 heterocycles. The van der Waals surface area contributed by atoms with Crippen LogP contribution in [0.4, 0.5) is 11.4 Å². The molecule has 0 unspecified atom stereocenters. The summed E-state index contributed by atoms with van der Waals surface area (Å²) in [5, 5.41) is 6.12. The minimum atomic E-state index is -0.259. The standard InChI is InChI=1S/C22H23N3O3/c1-27-19-10-7-17(8-11-19)25-22(26)20-12-9-18(15-24-20)23-14-13-16-5-3-4-6-21(16)28-2/h3-12,15,23H,13-14H2,1-2H3,(H,25,26). The molecule has 2 aromatic carbocycles. The van der Waals surface area contributed by atoms with E-state index in [-0.39, 0.29) is 5.91 Å². The van der Waals surface area contributed by atoms with E-state index in [1.54, 1.807) is 50.7 Å². The molecule has 0 aliphatic heterocycles. The number of hydrogen-bond donors (Lipinski definition) is 2. The van der Waals surface area contributed by atoms with E-state index in [1.165, 1.54) is 0 Å². The Balaban J connectivity index is 1.53. The summed E-state index contributed by atoms with van der Waals surface area (Å²) in [7, 11) is 3.27. The maximum atomic E-state index is 12.3. The molecule has 1 amide bonds. The number of nitrogens with zero attached hydrogens (tertiary/aromatic N) is 1. The fourth-order valence-electron chi connectivity index (χ4n) is 2.75. The highest BCUT2D eigenvalue weighted by Crippen LogP contribution is 2.18. The molecule has 0 fully saturated rings. The third kappa shape index (κ3) is 5.01. The highest BCUT2D eigenvalue weighted by molar-refractivity contribution is 6.02. The van der Waals surface area contributed by atoms with E-state index in [0.29, 0.717) is 11.4 Å². The molecule has 6 heteroatoms. The van der Waals surface area contributed by atoms with E-state index in [0.717, 1.165) is 35.7 Å². The first-order chi connectivity index (χ1) is 13.7. The van der Waals surface area contributed by atoms with E-state index < -0.39 is 0 Å². The number of methoxy groups -OCH3 is 2. The topological polar surface area (TPSA) is 72.5 Å². The lowest BCUT2D eigenvalue weighted by molar-refractivity contribution is 0.102. The molecule has 0 aliphatic carbocycles.